The summed E-state index contributed by atoms with van der Waals surface area (Å²) < 4.78 is 5.15. The minimum atomic E-state index is 0.122. The van der Waals surface area contributed by atoms with Gasteiger partial charge in [-0.05, 0) is 48.6 Å². The highest BCUT2D eigenvalue weighted by Crippen LogP contribution is 2.26. The summed E-state index contributed by atoms with van der Waals surface area (Å²) in [6.07, 6.45) is 3.68. The van der Waals surface area contributed by atoms with Crippen molar-refractivity contribution in [3.05, 3.63) is 59.7 Å². The second-order valence-corrected chi connectivity index (χ2v) is 6.42. The molecular weight excluding hydrogens is 312 g/mol. The molecule has 3 rings (SSSR count). The molecule has 0 aromatic heterocycles. The zero-order valence-corrected chi connectivity index (χ0v) is 14.8. The van der Waals surface area contributed by atoms with Crippen LogP contribution in [0.25, 0.3) is 0 Å². The molecule has 1 heterocycles. The van der Waals surface area contributed by atoms with E-state index < -0.39 is 0 Å². The zero-order valence-electron chi connectivity index (χ0n) is 14.8. The van der Waals surface area contributed by atoms with Crippen molar-refractivity contribution >= 4 is 11.6 Å². The molecule has 0 fully saturated rings. The van der Waals surface area contributed by atoms with Crippen LogP contribution < -0.4 is 15.0 Å². The monoisotopic (exact) mass is 338 g/mol. The summed E-state index contributed by atoms with van der Waals surface area (Å²) in [5.41, 5.74) is 3.89. The summed E-state index contributed by atoms with van der Waals surface area (Å²) >= 11 is 0. The molecule has 1 aliphatic rings. The van der Waals surface area contributed by atoms with Crippen LogP contribution in [0.15, 0.2) is 48.5 Å². The van der Waals surface area contributed by atoms with Crippen molar-refractivity contribution in [2.45, 2.75) is 25.7 Å². The van der Waals surface area contributed by atoms with Crippen LogP contribution in [0.2, 0.25) is 0 Å². The van der Waals surface area contributed by atoms with E-state index in [1.807, 2.05) is 24.3 Å². The Morgan fingerprint density at radius 1 is 1.16 bits per heavy atom. The van der Waals surface area contributed by atoms with Gasteiger partial charge in [-0.1, -0.05) is 30.3 Å². The SMILES string of the molecule is COc1ccc(CCNC(=O)CCN2CCCc3ccccc32)cc1. The molecule has 1 N–H and O–H groups in total. The maximum Gasteiger partial charge on any atom is 0.221 e. The highest BCUT2D eigenvalue weighted by Gasteiger charge is 2.16. The number of nitrogens with one attached hydrogen (secondary N) is 1. The topological polar surface area (TPSA) is 41.6 Å². The van der Waals surface area contributed by atoms with E-state index in [-0.39, 0.29) is 5.91 Å². The maximum atomic E-state index is 12.1. The zero-order chi connectivity index (χ0) is 17.5. The molecule has 0 aliphatic carbocycles. The number of para-hydroxylation sites is 1. The lowest BCUT2D eigenvalue weighted by atomic mass is 10.0. The molecule has 2 aromatic rings. The van der Waals surface area contributed by atoms with Crippen LogP contribution >= 0.6 is 0 Å². The van der Waals surface area contributed by atoms with Crippen LogP contribution in [-0.4, -0.2) is 32.7 Å². The normalized spacial score (nSPS) is 13.2. The van der Waals surface area contributed by atoms with Gasteiger partial charge in [-0.25, -0.2) is 0 Å². The molecule has 4 nitrogen and oxygen atoms in total. The minimum absolute atomic E-state index is 0.122. The standard InChI is InChI=1S/C21H26N2O2/c1-25-19-10-8-17(9-11-19)12-14-22-21(24)13-16-23-15-4-6-18-5-2-3-7-20(18)23/h2-3,5,7-11H,4,6,12-16H2,1H3,(H,22,24). The fourth-order valence-electron chi connectivity index (χ4n) is 3.31. The second-order valence-electron chi connectivity index (χ2n) is 6.42. The molecule has 0 saturated carbocycles. The lowest BCUT2D eigenvalue weighted by Gasteiger charge is -2.31. The van der Waals surface area contributed by atoms with Crippen molar-refractivity contribution in [1.29, 1.82) is 0 Å². The van der Waals surface area contributed by atoms with Gasteiger partial charge in [0.2, 0.25) is 5.91 Å². The van der Waals surface area contributed by atoms with E-state index in [0.717, 1.165) is 38.1 Å². The summed E-state index contributed by atoms with van der Waals surface area (Å²) in [7, 11) is 1.66. The Balaban J connectivity index is 1.41. The van der Waals surface area contributed by atoms with Gasteiger partial charge in [0.1, 0.15) is 5.75 Å². The van der Waals surface area contributed by atoms with Crippen molar-refractivity contribution in [3.8, 4) is 5.75 Å². The summed E-state index contributed by atoms with van der Waals surface area (Å²) in [6.45, 7) is 2.49. The van der Waals surface area contributed by atoms with Gasteiger partial charge in [-0.2, -0.15) is 0 Å². The lowest BCUT2D eigenvalue weighted by Crippen LogP contribution is -2.34. The van der Waals surface area contributed by atoms with Gasteiger partial charge >= 0.3 is 0 Å². The highest BCUT2D eigenvalue weighted by atomic mass is 16.5. The first-order valence-corrected chi connectivity index (χ1v) is 8.99. The Labute approximate surface area is 149 Å². The Morgan fingerprint density at radius 2 is 1.96 bits per heavy atom. The van der Waals surface area contributed by atoms with Crippen LogP contribution in [-0.2, 0) is 17.6 Å². The van der Waals surface area contributed by atoms with Crippen molar-refractivity contribution in [2.75, 3.05) is 31.6 Å². The third-order valence-corrected chi connectivity index (χ3v) is 4.71. The first-order valence-electron chi connectivity index (χ1n) is 8.99. The number of rotatable bonds is 7. The number of fused-ring (bicyclic) bond motifs is 1. The van der Waals surface area contributed by atoms with Crippen molar-refractivity contribution in [3.63, 3.8) is 0 Å². The smallest absolute Gasteiger partial charge is 0.221 e. The maximum absolute atomic E-state index is 12.1. The number of hydrogen-bond acceptors (Lipinski definition) is 3. The Kier molecular flexibility index (Phi) is 5.94. The number of benzene rings is 2. The van der Waals surface area contributed by atoms with Gasteiger partial charge in [0.25, 0.3) is 0 Å². The Bertz CT molecular complexity index is 697. The van der Waals surface area contributed by atoms with E-state index in [0.29, 0.717) is 13.0 Å². The van der Waals surface area contributed by atoms with Crippen LogP contribution in [0.3, 0.4) is 0 Å². The third-order valence-electron chi connectivity index (χ3n) is 4.71. The molecule has 4 heteroatoms. The van der Waals surface area contributed by atoms with E-state index >= 15 is 0 Å². The summed E-state index contributed by atoms with van der Waals surface area (Å²) in [5, 5.41) is 3.03. The molecule has 1 amide bonds. The Hall–Kier alpha value is -2.49. The van der Waals surface area contributed by atoms with Crippen LogP contribution in [0.4, 0.5) is 5.69 Å². The fourth-order valence-corrected chi connectivity index (χ4v) is 3.31. The number of aryl methyl sites for hydroxylation is 1. The number of carbonyl (C=O) groups excluding carboxylic acids is 1. The first kappa shape index (κ1) is 17.3. The summed E-state index contributed by atoms with van der Waals surface area (Å²) in [6, 6.07) is 16.5. The molecule has 0 saturated heterocycles. The largest absolute Gasteiger partial charge is 0.497 e. The number of nitrogens with zero attached hydrogens (tertiary/aromatic N) is 1. The van der Waals surface area contributed by atoms with Gasteiger partial charge < -0.3 is 15.0 Å². The molecule has 2 aromatic carbocycles. The second kappa shape index (κ2) is 8.56. The molecule has 0 radical (unpaired) electrons. The van der Waals surface area contributed by atoms with Gasteiger partial charge in [-0.15, -0.1) is 0 Å². The number of amides is 1. The molecular formula is C21H26N2O2. The molecule has 0 bridgehead atoms. The van der Waals surface area contributed by atoms with Gasteiger partial charge in [-0.3, -0.25) is 4.79 Å². The van der Waals surface area contributed by atoms with E-state index in [1.165, 1.54) is 16.8 Å². The predicted molar refractivity (Wildman–Crippen MR) is 101 cm³/mol. The van der Waals surface area contributed by atoms with Crippen molar-refractivity contribution in [2.24, 2.45) is 0 Å². The predicted octanol–water partition coefficient (Wildman–Crippen LogP) is 3.20. The summed E-state index contributed by atoms with van der Waals surface area (Å²) in [5.74, 6) is 0.978. The van der Waals surface area contributed by atoms with Crippen LogP contribution in [0, 0.1) is 0 Å². The number of anilines is 1. The third kappa shape index (κ3) is 4.75. The van der Waals surface area contributed by atoms with Gasteiger partial charge in [0, 0.05) is 31.7 Å². The molecule has 132 valence electrons. The number of carbonyl (C=O) groups is 1. The molecule has 0 unspecified atom stereocenters. The highest BCUT2D eigenvalue weighted by molar-refractivity contribution is 5.76. The molecule has 1 aliphatic heterocycles. The van der Waals surface area contributed by atoms with Crippen LogP contribution in [0.1, 0.15) is 24.0 Å². The quantitative estimate of drug-likeness (QED) is 0.843. The molecule has 0 atom stereocenters. The number of methoxy groups -OCH3 is 1. The van der Waals surface area contributed by atoms with E-state index in [9.17, 15) is 4.79 Å². The van der Waals surface area contributed by atoms with E-state index in [1.54, 1.807) is 7.11 Å². The molecule has 25 heavy (non-hydrogen) atoms. The van der Waals surface area contributed by atoms with Crippen molar-refractivity contribution < 1.29 is 9.53 Å². The van der Waals surface area contributed by atoms with E-state index in [4.69, 9.17) is 4.74 Å². The minimum Gasteiger partial charge on any atom is -0.497 e. The average Bonchev–Trinajstić information content (AvgIpc) is 2.67. The summed E-state index contributed by atoms with van der Waals surface area (Å²) in [4.78, 5) is 14.5. The first-order chi connectivity index (χ1) is 12.3. The van der Waals surface area contributed by atoms with E-state index in [2.05, 4.69) is 34.5 Å². The molecule has 0 spiro atoms. The van der Waals surface area contributed by atoms with Gasteiger partial charge in [0.15, 0.2) is 0 Å². The van der Waals surface area contributed by atoms with Crippen LogP contribution in [0.5, 0.6) is 5.75 Å². The fraction of sp³-hybridized carbons (Fsp3) is 0.381. The average molecular weight is 338 g/mol. The van der Waals surface area contributed by atoms with Gasteiger partial charge in [0.05, 0.1) is 7.11 Å². The van der Waals surface area contributed by atoms with Crippen molar-refractivity contribution in [1.82, 2.24) is 5.32 Å². The number of ether oxygens (including phenoxy) is 1. The number of hydrogen-bond donors (Lipinski definition) is 1. The lowest BCUT2D eigenvalue weighted by molar-refractivity contribution is -0.120. The Morgan fingerprint density at radius 3 is 2.76 bits per heavy atom.